The third-order valence-corrected chi connectivity index (χ3v) is 2.76. The molecule has 0 saturated carbocycles. The van der Waals surface area contributed by atoms with Gasteiger partial charge in [0, 0.05) is 25.1 Å². The quantitative estimate of drug-likeness (QED) is 0.869. The Hall–Kier alpha value is -1.49. The van der Waals surface area contributed by atoms with E-state index in [4.69, 9.17) is 0 Å². The smallest absolute Gasteiger partial charge is 0.225 e. The SMILES string of the molecule is CCN(Cc1ccccn1)c1ncc(Br)cn1. The van der Waals surface area contributed by atoms with Crippen LogP contribution in [0.1, 0.15) is 12.6 Å². The van der Waals surface area contributed by atoms with E-state index < -0.39 is 0 Å². The zero-order valence-electron chi connectivity index (χ0n) is 9.55. The first-order valence-corrected chi connectivity index (χ1v) is 6.21. The fourth-order valence-electron chi connectivity index (χ4n) is 1.48. The van der Waals surface area contributed by atoms with Gasteiger partial charge >= 0.3 is 0 Å². The summed E-state index contributed by atoms with van der Waals surface area (Å²) >= 11 is 3.33. The van der Waals surface area contributed by atoms with Gasteiger partial charge in [-0.15, -0.1) is 0 Å². The average molecular weight is 293 g/mol. The molecule has 2 aromatic rings. The van der Waals surface area contributed by atoms with Gasteiger partial charge in [0.1, 0.15) is 0 Å². The van der Waals surface area contributed by atoms with Gasteiger partial charge < -0.3 is 4.90 Å². The van der Waals surface area contributed by atoms with Crippen LogP contribution in [0.3, 0.4) is 0 Å². The molecule has 0 spiro atoms. The lowest BCUT2D eigenvalue weighted by Gasteiger charge is -2.19. The van der Waals surface area contributed by atoms with Crippen molar-refractivity contribution in [3.8, 4) is 0 Å². The van der Waals surface area contributed by atoms with Crippen LogP contribution in [-0.4, -0.2) is 21.5 Å². The molecule has 0 amide bonds. The number of hydrogen-bond acceptors (Lipinski definition) is 4. The van der Waals surface area contributed by atoms with E-state index in [-0.39, 0.29) is 0 Å². The summed E-state index contributed by atoms with van der Waals surface area (Å²) in [6.45, 7) is 3.64. The molecule has 0 aliphatic heterocycles. The normalized spacial score (nSPS) is 10.2. The Kier molecular flexibility index (Phi) is 4.03. The van der Waals surface area contributed by atoms with Crippen LogP contribution >= 0.6 is 15.9 Å². The van der Waals surface area contributed by atoms with Crippen molar-refractivity contribution in [3.63, 3.8) is 0 Å². The number of rotatable bonds is 4. The maximum Gasteiger partial charge on any atom is 0.225 e. The summed E-state index contributed by atoms with van der Waals surface area (Å²) in [7, 11) is 0. The van der Waals surface area contributed by atoms with Crippen LogP contribution in [0.2, 0.25) is 0 Å². The predicted octanol–water partition coefficient (Wildman–Crippen LogP) is 2.66. The molecular formula is C12H13BrN4. The Labute approximate surface area is 109 Å². The Balaban J connectivity index is 2.14. The van der Waals surface area contributed by atoms with E-state index in [0.717, 1.165) is 29.2 Å². The number of halogens is 1. The predicted molar refractivity (Wildman–Crippen MR) is 70.7 cm³/mol. The highest BCUT2D eigenvalue weighted by Gasteiger charge is 2.08. The number of pyridine rings is 1. The summed E-state index contributed by atoms with van der Waals surface area (Å²) in [5.74, 6) is 0.723. The lowest BCUT2D eigenvalue weighted by atomic mass is 10.3. The van der Waals surface area contributed by atoms with Crippen molar-refractivity contribution in [2.45, 2.75) is 13.5 Å². The fraction of sp³-hybridized carbons (Fsp3) is 0.250. The zero-order valence-corrected chi connectivity index (χ0v) is 11.1. The molecule has 2 aromatic heterocycles. The largest absolute Gasteiger partial charge is 0.335 e. The molecule has 0 aromatic carbocycles. The van der Waals surface area contributed by atoms with Gasteiger partial charge in [-0.05, 0) is 35.0 Å². The first-order chi connectivity index (χ1) is 8.29. The van der Waals surface area contributed by atoms with Gasteiger partial charge in [-0.3, -0.25) is 4.98 Å². The van der Waals surface area contributed by atoms with Crippen LogP contribution in [0.5, 0.6) is 0 Å². The Morgan fingerprint density at radius 2 is 1.94 bits per heavy atom. The summed E-state index contributed by atoms with van der Waals surface area (Å²) < 4.78 is 0.884. The van der Waals surface area contributed by atoms with E-state index in [0.29, 0.717) is 0 Å². The molecule has 0 saturated heterocycles. The molecule has 0 N–H and O–H groups in total. The van der Waals surface area contributed by atoms with Crippen molar-refractivity contribution in [3.05, 3.63) is 47.0 Å². The van der Waals surface area contributed by atoms with E-state index >= 15 is 0 Å². The topological polar surface area (TPSA) is 41.9 Å². The van der Waals surface area contributed by atoms with Gasteiger partial charge in [0.15, 0.2) is 0 Å². The lowest BCUT2D eigenvalue weighted by Crippen LogP contribution is -2.24. The van der Waals surface area contributed by atoms with Crippen molar-refractivity contribution in [1.29, 1.82) is 0 Å². The molecule has 0 bridgehead atoms. The molecule has 0 radical (unpaired) electrons. The zero-order chi connectivity index (χ0) is 12.1. The second-order valence-electron chi connectivity index (χ2n) is 3.54. The van der Waals surface area contributed by atoms with Crippen molar-refractivity contribution >= 4 is 21.9 Å². The molecule has 4 nitrogen and oxygen atoms in total. The highest BCUT2D eigenvalue weighted by atomic mass is 79.9. The molecule has 0 aliphatic rings. The standard InChI is InChI=1S/C12H13BrN4/c1-2-17(9-11-5-3-4-6-14-11)12-15-7-10(13)8-16-12/h3-8H,2,9H2,1H3. The Morgan fingerprint density at radius 1 is 1.18 bits per heavy atom. The fourth-order valence-corrected chi connectivity index (χ4v) is 1.68. The van der Waals surface area contributed by atoms with Gasteiger partial charge in [-0.25, -0.2) is 9.97 Å². The number of hydrogen-bond donors (Lipinski definition) is 0. The molecular weight excluding hydrogens is 280 g/mol. The van der Waals surface area contributed by atoms with Crippen LogP contribution in [0.15, 0.2) is 41.3 Å². The van der Waals surface area contributed by atoms with Crippen LogP contribution in [0, 0.1) is 0 Å². The maximum atomic E-state index is 4.30. The first kappa shape index (κ1) is 12.0. The Morgan fingerprint density at radius 3 is 2.53 bits per heavy atom. The van der Waals surface area contributed by atoms with Crippen molar-refractivity contribution < 1.29 is 0 Å². The summed E-state index contributed by atoms with van der Waals surface area (Å²) in [5, 5.41) is 0. The summed E-state index contributed by atoms with van der Waals surface area (Å²) in [5.41, 5.74) is 1.01. The molecule has 0 fully saturated rings. The van der Waals surface area contributed by atoms with Gasteiger partial charge in [0.2, 0.25) is 5.95 Å². The van der Waals surface area contributed by atoms with Gasteiger partial charge in [0.25, 0.3) is 0 Å². The van der Waals surface area contributed by atoms with Crippen LogP contribution in [0.4, 0.5) is 5.95 Å². The average Bonchev–Trinajstić information content (AvgIpc) is 2.38. The molecule has 88 valence electrons. The number of anilines is 1. The molecule has 0 unspecified atom stereocenters. The molecule has 2 heterocycles. The summed E-state index contributed by atoms with van der Waals surface area (Å²) in [6, 6.07) is 5.90. The van der Waals surface area contributed by atoms with Crippen LogP contribution in [0.25, 0.3) is 0 Å². The van der Waals surface area contributed by atoms with Crippen LogP contribution < -0.4 is 4.90 Å². The monoisotopic (exact) mass is 292 g/mol. The molecule has 17 heavy (non-hydrogen) atoms. The summed E-state index contributed by atoms with van der Waals surface area (Å²) in [6.07, 6.45) is 5.30. The van der Waals surface area contributed by atoms with E-state index in [2.05, 4.69) is 42.7 Å². The first-order valence-electron chi connectivity index (χ1n) is 5.42. The number of aromatic nitrogens is 3. The van der Waals surface area contributed by atoms with E-state index in [1.54, 1.807) is 18.6 Å². The minimum atomic E-state index is 0.721. The van der Waals surface area contributed by atoms with Crippen LogP contribution in [-0.2, 0) is 6.54 Å². The number of nitrogens with zero attached hydrogens (tertiary/aromatic N) is 4. The third kappa shape index (κ3) is 3.23. The second kappa shape index (κ2) is 5.72. The highest BCUT2D eigenvalue weighted by Crippen LogP contribution is 2.12. The minimum Gasteiger partial charge on any atom is -0.335 e. The van der Waals surface area contributed by atoms with Crippen molar-refractivity contribution in [1.82, 2.24) is 15.0 Å². The van der Waals surface area contributed by atoms with E-state index in [1.165, 1.54) is 0 Å². The van der Waals surface area contributed by atoms with Gasteiger partial charge in [-0.2, -0.15) is 0 Å². The second-order valence-corrected chi connectivity index (χ2v) is 4.45. The minimum absolute atomic E-state index is 0.721. The van der Waals surface area contributed by atoms with E-state index in [1.807, 2.05) is 18.2 Å². The molecule has 5 heteroatoms. The van der Waals surface area contributed by atoms with Gasteiger partial charge in [-0.1, -0.05) is 6.07 Å². The highest BCUT2D eigenvalue weighted by molar-refractivity contribution is 9.10. The Bertz CT molecular complexity index is 458. The molecule has 0 aliphatic carbocycles. The molecule has 2 rings (SSSR count). The maximum absolute atomic E-state index is 4.30. The molecule has 0 atom stereocenters. The summed E-state index contributed by atoms with van der Waals surface area (Å²) in [4.78, 5) is 15.0. The van der Waals surface area contributed by atoms with Gasteiger partial charge in [0.05, 0.1) is 16.7 Å². The van der Waals surface area contributed by atoms with Crippen molar-refractivity contribution in [2.75, 3.05) is 11.4 Å². The lowest BCUT2D eigenvalue weighted by molar-refractivity contribution is 0.773. The van der Waals surface area contributed by atoms with Crippen molar-refractivity contribution in [2.24, 2.45) is 0 Å². The third-order valence-electron chi connectivity index (χ3n) is 2.35. The van der Waals surface area contributed by atoms with E-state index in [9.17, 15) is 0 Å².